The molecule has 1 heterocycles. The first-order chi connectivity index (χ1) is 8.01. The van der Waals surface area contributed by atoms with Crippen molar-refractivity contribution in [3.05, 3.63) is 0 Å². The van der Waals surface area contributed by atoms with Crippen molar-refractivity contribution in [1.82, 2.24) is 9.19 Å². The van der Waals surface area contributed by atoms with Crippen LogP contribution in [0.3, 0.4) is 0 Å². The summed E-state index contributed by atoms with van der Waals surface area (Å²) in [5.41, 5.74) is 0. The topological polar surface area (TPSA) is 84.9 Å². The number of ether oxygens (including phenoxy) is 1. The fourth-order valence-corrected chi connectivity index (χ4v) is 2.75. The van der Waals surface area contributed by atoms with Crippen molar-refractivity contribution < 1.29 is 22.8 Å². The Morgan fingerprint density at radius 1 is 1.41 bits per heavy atom. The van der Waals surface area contributed by atoms with Crippen molar-refractivity contribution in [2.24, 2.45) is 5.92 Å². The van der Waals surface area contributed by atoms with Gasteiger partial charge in [-0.3, -0.25) is 9.63 Å². The number of hydrogen-bond acceptors (Lipinski definition) is 5. The first-order valence-electron chi connectivity index (χ1n) is 5.47. The summed E-state index contributed by atoms with van der Waals surface area (Å²) < 4.78 is 29.2. The second-order valence-electron chi connectivity index (χ2n) is 3.72. The Kier molecular flexibility index (Phi) is 5.31. The lowest BCUT2D eigenvalue weighted by atomic mass is 9.99. The Labute approximate surface area is 101 Å². The van der Waals surface area contributed by atoms with Crippen LogP contribution < -0.4 is 4.89 Å². The zero-order valence-corrected chi connectivity index (χ0v) is 10.8. The predicted octanol–water partition coefficient (Wildman–Crippen LogP) is -0.343. The fraction of sp³-hybridized carbons (Fsp3) is 0.889. The van der Waals surface area contributed by atoms with E-state index in [0.717, 1.165) is 0 Å². The molecule has 1 aliphatic rings. The molecular formula is C9H18N2O5S. The number of methoxy groups -OCH3 is 1. The zero-order chi connectivity index (χ0) is 12.9. The molecule has 1 rings (SSSR count). The molecule has 7 nitrogen and oxygen atoms in total. The first-order valence-corrected chi connectivity index (χ1v) is 6.91. The van der Waals surface area contributed by atoms with Crippen molar-refractivity contribution in [1.29, 1.82) is 0 Å². The molecule has 0 aromatic carbocycles. The molecule has 1 aliphatic heterocycles. The number of nitrogens with one attached hydrogen (secondary N) is 1. The van der Waals surface area contributed by atoms with Gasteiger partial charge in [0, 0.05) is 13.1 Å². The van der Waals surface area contributed by atoms with Crippen LogP contribution in [0.25, 0.3) is 0 Å². The van der Waals surface area contributed by atoms with Crippen LogP contribution in [0.5, 0.6) is 0 Å². The second-order valence-corrected chi connectivity index (χ2v) is 5.35. The number of hydrogen-bond donors (Lipinski definition) is 1. The molecule has 0 bridgehead atoms. The summed E-state index contributed by atoms with van der Waals surface area (Å²) in [6.45, 7) is 2.54. The van der Waals surface area contributed by atoms with Crippen LogP contribution in [0.4, 0.5) is 0 Å². The van der Waals surface area contributed by atoms with E-state index in [2.05, 4.69) is 9.57 Å². The first kappa shape index (κ1) is 14.4. The van der Waals surface area contributed by atoms with Gasteiger partial charge in [-0.1, -0.05) is 4.89 Å². The largest absolute Gasteiger partial charge is 0.469 e. The third-order valence-electron chi connectivity index (χ3n) is 2.64. The summed E-state index contributed by atoms with van der Waals surface area (Å²) in [5.74, 6) is -0.488. The quantitative estimate of drug-likeness (QED) is 0.543. The molecule has 0 radical (unpaired) electrons. The second kappa shape index (κ2) is 6.29. The van der Waals surface area contributed by atoms with Crippen LogP contribution >= 0.6 is 0 Å². The smallest absolute Gasteiger partial charge is 0.308 e. The van der Waals surface area contributed by atoms with Crippen molar-refractivity contribution in [3.63, 3.8) is 0 Å². The van der Waals surface area contributed by atoms with E-state index >= 15 is 0 Å². The molecular weight excluding hydrogens is 248 g/mol. The molecule has 0 aromatic rings. The van der Waals surface area contributed by atoms with Gasteiger partial charge in [-0.15, -0.1) is 0 Å². The highest BCUT2D eigenvalue weighted by molar-refractivity contribution is 7.87. The summed E-state index contributed by atoms with van der Waals surface area (Å²) >= 11 is 0. The summed E-state index contributed by atoms with van der Waals surface area (Å²) in [7, 11) is -2.26. The van der Waals surface area contributed by atoms with E-state index in [9.17, 15) is 13.2 Å². The van der Waals surface area contributed by atoms with Gasteiger partial charge in [-0.2, -0.15) is 12.7 Å². The van der Waals surface area contributed by atoms with Crippen molar-refractivity contribution in [2.45, 2.75) is 19.8 Å². The number of carbonyl (C=O) groups is 1. The van der Waals surface area contributed by atoms with Crippen LogP contribution in [-0.4, -0.2) is 45.5 Å². The lowest BCUT2D eigenvalue weighted by molar-refractivity contribution is -0.146. The Bertz CT molecular complexity index is 348. The highest BCUT2D eigenvalue weighted by Crippen LogP contribution is 2.19. The fourth-order valence-electron chi connectivity index (χ4n) is 1.68. The van der Waals surface area contributed by atoms with Gasteiger partial charge in [0.1, 0.15) is 0 Å². The van der Waals surface area contributed by atoms with E-state index in [1.165, 1.54) is 11.4 Å². The van der Waals surface area contributed by atoms with Gasteiger partial charge < -0.3 is 4.74 Å². The standard InChI is InChI=1S/C9H18N2O5S/c1-3-16-10-17(13,14)11-6-4-8(5-7-11)9(12)15-2/h8,10H,3-7H2,1-2H3. The minimum Gasteiger partial charge on any atom is -0.469 e. The SMILES string of the molecule is CCONS(=O)(=O)N1CCC(C(=O)OC)CC1. The molecule has 0 amide bonds. The highest BCUT2D eigenvalue weighted by atomic mass is 32.2. The van der Waals surface area contributed by atoms with E-state index in [0.29, 0.717) is 25.9 Å². The minimum absolute atomic E-state index is 0.210. The molecule has 0 atom stereocenters. The maximum Gasteiger partial charge on any atom is 0.308 e. The Hall–Kier alpha value is -0.700. The number of carbonyl (C=O) groups excluding carboxylic acids is 1. The summed E-state index contributed by atoms with van der Waals surface area (Å²) in [6, 6.07) is 0. The van der Waals surface area contributed by atoms with Gasteiger partial charge in [0.05, 0.1) is 19.6 Å². The van der Waals surface area contributed by atoms with Gasteiger partial charge in [0.25, 0.3) is 0 Å². The molecule has 0 aliphatic carbocycles. The van der Waals surface area contributed by atoms with E-state index in [4.69, 9.17) is 0 Å². The van der Waals surface area contributed by atoms with Crippen LogP contribution in [0.2, 0.25) is 0 Å². The molecule has 0 spiro atoms. The minimum atomic E-state index is -3.59. The Morgan fingerprint density at radius 2 is 2.00 bits per heavy atom. The zero-order valence-electron chi connectivity index (χ0n) is 10.0. The van der Waals surface area contributed by atoms with Gasteiger partial charge in [-0.25, -0.2) is 0 Å². The monoisotopic (exact) mass is 266 g/mol. The van der Waals surface area contributed by atoms with Crippen LogP contribution in [0, 0.1) is 5.92 Å². The maximum absolute atomic E-state index is 11.7. The molecule has 17 heavy (non-hydrogen) atoms. The maximum atomic E-state index is 11.7. The molecule has 8 heteroatoms. The Balaban J connectivity index is 2.49. The van der Waals surface area contributed by atoms with E-state index in [1.54, 1.807) is 6.92 Å². The van der Waals surface area contributed by atoms with E-state index < -0.39 is 10.2 Å². The van der Waals surface area contributed by atoms with Gasteiger partial charge >= 0.3 is 16.2 Å². The number of esters is 1. The predicted molar refractivity (Wildman–Crippen MR) is 60.0 cm³/mol. The molecule has 0 saturated carbocycles. The lowest BCUT2D eigenvalue weighted by Gasteiger charge is -2.29. The normalized spacial score (nSPS) is 19.2. The summed E-state index contributed by atoms with van der Waals surface area (Å²) in [6.07, 6.45) is 0.944. The number of rotatable bonds is 5. The van der Waals surface area contributed by atoms with E-state index in [-0.39, 0.29) is 18.5 Å². The average Bonchev–Trinajstić information content (AvgIpc) is 2.35. The molecule has 0 unspecified atom stereocenters. The van der Waals surface area contributed by atoms with Gasteiger partial charge in [0.15, 0.2) is 0 Å². The van der Waals surface area contributed by atoms with Crippen LogP contribution in [0.1, 0.15) is 19.8 Å². The van der Waals surface area contributed by atoms with Gasteiger partial charge in [0.2, 0.25) is 0 Å². The summed E-state index contributed by atoms with van der Waals surface area (Å²) in [4.78, 5) is 18.0. The van der Waals surface area contributed by atoms with Gasteiger partial charge in [-0.05, 0) is 19.8 Å². The lowest BCUT2D eigenvalue weighted by Crippen LogP contribution is -2.46. The number of piperidine rings is 1. The third kappa shape index (κ3) is 3.91. The van der Waals surface area contributed by atoms with Crippen LogP contribution in [0.15, 0.2) is 0 Å². The van der Waals surface area contributed by atoms with Crippen molar-refractivity contribution >= 4 is 16.2 Å². The molecule has 1 fully saturated rings. The molecule has 0 aromatic heterocycles. The molecule has 100 valence electrons. The summed E-state index contributed by atoms with van der Waals surface area (Å²) in [5, 5.41) is 0. The third-order valence-corrected chi connectivity index (χ3v) is 4.01. The van der Waals surface area contributed by atoms with Crippen LogP contribution in [-0.2, 0) is 24.6 Å². The molecule has 1 saturated heterocycles. The van der Waals surface area contributed by atoms with E-state index in [1.807, 2.05) is 4.89 Å². The Morgan fingerprint density at radius 3 is 2.47 bits per heavy atom. The van der Waals surface area contributed by atoms with Crippen molar-refractivity contribution in [3.8, 4) is 0 Å². The average molecular weight is 266 g/mol. The molecule has 1 N–H and O–H groups in total. The van der Waals surface area contributed by atoms with Crippen molar-refractivity contribution in [2.75, 3.05) is 26.8 Å². The highest BCUT2D eigenvalue weighted by Gasteiger charge is 2.31. The number of nitrogens with zero attached hydrogens (tertiary/aromatic N) is 1.